The zero-order valence-corrected chi connectivity index (χ0v) is 15.6. The van der Waals surface area contributed by atoms with Crippen LogP contribution in [0.1, 0.15) is 11.1 Å². The van der Waals surface area contributed by atoms with Gasteiger partial charge in [-0.3, -0.25) is 9.80 Å². The summed E-state index contributed by atoms with van der Waals surface area (Å²) < 4.78 is 11.4. The topological polar surface area (TPSA) is 67.8 Å². The Kier molecular flexibility index (Phi) is 5.52. The van der Waals surface area contributed by atoms with E-state index in [9.17, 15) is 4.79 Å². The number of amides is 1. The van der Waals surface area contributed by atoms with Crippen molar-refractivity contribution in [1.82, 2.24) is 19.8 Å². The van der Waals surface area contributed by atoms with Gasteiger partial charge in [-0.25, -0.2) is 14.8 Å². The van der Waals surface area contributed by atoms with Crippen molar-refractivity contribution in [3.8, 4) is 0 Å². The molecule has 0 radical (unpaired) electrons. The molecule has 2 aromatic rings. The first-order chi connectivity index (χ1) is 13.2. The molecule has 0 N–H and O–H groups in total. The number of hydrogen-bond acceptors (Lipinski definition) is 6. The molecule has 0 unspecified atom stereocenters. The number of carbonyl (C=O) groups excluding carboxylic acids is 1. The summed E-state index contributed by atoms with van der Waals surface area (Å²) in [6, 6.07) is 9.70. The van der Waals surface area contributed by atoms with Crippen molar-refractivity contribution < 1.29 is 14.3 Å². The minimum absolute atomic E-state index is 0.00348. The number of carbonyl (C=O) groups is 1. The SMILES string of the molecule is O=C(OCc1ccccc1)N1CCO[C@H]2CN(Cc3cnc(Cl)nc3)C[C@H]21. The fourth-order valence-corrected chi connectivity index (χ4v) is 3.70. The summed E-state index contributed by atoms with van der Waals surface area (Å²) in [7, 11) is 0. The van der Waals surface area contributed by atoms with E-state index in [0.717, 1.165) is 24.2 Å². The van der Waals surface area contributed by atoms with Crippen LogP contribution >= 0.6 is 11.6 Å². The number of rotatable bonds is 4. The van der Waals surface area contributed by atoms with Crippen molar-refractivity contribution in [2.45, 2.75) is 25.3 Å². The van der Waals surface area contributed by atoms with E-state index in [1.807, 2.05) is 30.3 Å². The lowest BCUT2D eigenvalue weighted by Crippen LogP contribution is -2.53. The number of halogens is 1. The van der Waals surface area contributed by atoms with Crippen molar-refractivity contribution >= 4 is 17.7 Å². The maximum atomic E-state index is 12.6. The average molecular weight is 389 g/mol. The standard InChI is InChI=1S/C19H21ClN4O3/c20-18-21-8-15(9-22-18)10-23-11-16-17(12-23)26-7-6-24(16)19(25)27-13-14-4-2-1-3-5-14/h1-5,8-9,16-17H,6-7,10-13H2/t16-,17+/m1/s1. The van der Waals surface area contributed by atoms with E-state index < -0.39 is 0 Å². The second-order valence-electron chi connectivity index (χ2n) is 6.76. The molecule has 2 atom stereocenters. The van der Waals surface area contributed by atoms with Crippen molar-refractivity contribution in [2.24, 2.45) is 0 Å². The number of hydrogen-bond donors (Lipinski definition) is 0. The molecule has 2 saturated heterocycles. The first-order valence-corrected chi connectivity index (χ1v) is 9.34. The third-order valence-corrected chi connectivity index (χ3v) is 5.09. The fourth-order valence-electron chi connectivity index (χ4n) is 3.60. The Balaban J connectivity index is 1.36. The number of morpholine rings is 1. The predicted molar refractivity (Wildman–Crippen MR) is 99.2 cm³/mol. The zero-order valence-electron chi connectivity index (χ0n) is 14.8. The van der Waals surface area contributed by atoms with E-state index in [2.05, 4.69) is 14.9 Å². The van der Waals surface area contributed by atoms with Crippen molar-refractivity contribution in [3.63, 3.8) is 0 Å². The van der Waals surface area contributed by atoms with E-state index in [1.54, 1.807) is 17.3 Å². The van der Waals surface area contributed by atoms with Gasteiger partial charge in [-0.05, 0) is 17.2 Å². The van der Waals surface area contributed by atoms with Crippen LogP contribution in [-0.2, 0) is 22.6 Å². The van der Waals surface area contributed by atoms with E-state index in [-0.39, 0.29) is 30.1 Å². The molecule has 1 amide bonds. The molecule has 7 nitrogen and oxygen atoms in total. The van der Waals surface area contributed by atoms with Crippen LogP contribution in [0, 0.1) is 0 Å². The van der Waals surface area contributed by atoms with Crippen molar-refractivity contribution in [1.29, 1.82) is 0 Å². The monoisotopic (exact) mass is 388 g/mol. The van der Waals surface area contributed by atoms with Gasteiger partial charge in [-0.2, -0.15) is 0 Å². The first kappa shape index (κ1) is 18.2. The third-order valence-electron chi connectivity index (χ3n) is 4.90. The maximum Gasteiger partial charge on any atom is 0.410 e. The summed E-state index contributed by atoms with van der Waals surface area (Å²) in [4.78, 5) is 24.7. The van der Waals surface area contributed by atoms with Crippen molar-refractivity contribution in [3.05, 3.63) is 59.1 Å². The molecule has 27 heavy (non-hydrogen) atoms. The van der Waals surface area contributed by atoms with Crippen LogP contribution in [0.4, 0.5) is 4.79 Å². The molecule has 1 aromatic carbocycles. The largest absolute Gasteiger partial charge is 0.445 e. The molecule has 1 aromatic heterocycles. The maximum absolute atomic E-state index is 12.6. The van der Waals surface area contributed by atoms with Crippen LogP contribution in [0.25, 0.3) is 0 Å². The van der Waals surface area contributed by atoms with Gasteiger partial charge in [0, 0.05) is 44.1 Å². The van der Waals surface area contributed by atoms with Gasteiger partial charge in [0.1, 0.15) is 6.61 Å². The molecule has 2 fully saturated rings. The van der Waals surface area contributed by atoms with Gasteiger partial charge in [0.25, 0.3) is 0 Å². The Morgan fingerprint density at radius 2 is 1.96 bits per heavy atom. The smallest absolute Gasteiger partial charge is 0.410 e. The molecule has 3 heterocycles. The Bertz CT molecular complexity index is 774. The molecule has 0 bridgehead atoms. The Hall–Kier alpha value is -2.22. The van der Waals surface area contributed by atoms with E-state index >= 15 is 0 Å². The molecule has 2 aliphatic rings. The molecule has 0 spiro atoms. The van der Waals surface area contributed by atoms with Gasteiger partial charge in [-0.1, -0.05) is 30.3 Å². The predicted octanol–water partition coefficient (Wildman–Crippen LogP) is 2.35. The number of aromatic nitrogens is 2. The molecule has 8 heteroatoms. The fraction of sp³-hybridized carbons (Fsp3) is 0.421. The normalized spacial score (nSPS) is 22.5. The van der Waals surface area contributed by atoms with Crippen LogP contribution < -0.4 is 0 Å². The lowest BCUT2D eigenvalue weighted by molar-refractivity contribution is -0.0446. The van der Waals surface area contributed by atoms with Crippen LogP contribution in [0.15, 0.2) is 42.7 Å². The summed E-state index contributed by atoms with van der Waals surface area (Å²) in [5.74, 6) is 0. The highest BCUT2D eigenvalue weighted by molar-refractivity contribution is 6.28. The summed E-state index contributed by atoms with van der Waals surface area (Å²) >= 11 is 5.74. The molecule has 4 rings (SSSR count). The Labute approximate surface area is 162 Å². The van der Waals surface area contributed by atoms with Crippen LogP contribution in [0.5, 0.6) is 0 Å². The minimum Gasteiger partial charge on any atom is -0.445 e. The second-order valence-corrected chi connectivity index (χ2v) is 7.10. The van der Waals surface area contributed by atoms with Crippen LogP contribution in [0.2, 0.25) is 5.28 Å². The minimum atomic E-state index is -0.283. The van der Waals surface area contributed by atoms with Crippen molar-refractivity contribution in [2.75, 3.05) is 26.2 Å². The number of likely N-dealkylation sites (tertiary alicyclic amines) is 1. The summed E-state index contributed by atoms with van der Waals surface area (Å²) in [6.45, 7) is 3.54. The van der Waals surface area contributed by atoms with E-state index in [1.165, 1.54) is 0 Å². The molecular formula is C19H21ClN4O3. The summed E-state index contributed by atoms with van der Waals surface area (Å²) in [5.41, 5.74) is 1.96. The average Bonchev–Trinajstić information content (AvgIpc) is 3.11. The Morgan fingerprint density at radius 1 is 1.19 bits per heavy atom. The summed E-state index contributed by atoms with van der Waals surface area (Å²) in [6.07, 6.45) is 3.17. The van der Waals surface area contributed by atoms with Crippen LogP contribution in [-0.4, -0.2) is 64.2 Å². The van der Waals surface area contributed by atoms with Gasteiger partial charge in [-0.15, -0.1) is 0 Å². The molecule has 2 aliphatic heterocycles. The lowest BCUT2D eigenvalue weighted by atomic mass is 10.1. The molecule has 142 valence electrons. The molecular weight excluding hydrogens is 368 g/mol. The number of fused-ring (bicyclic) bond motifs is 1. The van der Waals surface area contributed by atoms with E-state index in [0.29, 0.717) is 19.7 Å². The molecule has 0 saturated carbocycles. The Morgan fingerprint density at radius 3 is 2.74 bits per heavy atom. The molecule has 0 aliphatic carbocycles. The highest BCUT2D eigenvalue weighted by Crippen LogP contribution is 2.25. The number of ether oxygens (including phenoxy) is 2. The number of nitrogens with zero attached hydrogens (tertiary/aromatic N) is 4. The van der Waals surface area contributed by atoms with Gasteiger partial charge >= 0.3 is 6.09 Å². The summed E-state index contributed by atoms with van der Waals surface area (Å²) in [5, 5.41) is 0.240. The van der Waals surface area contributed by atoms with Gasteiger partial charge in [0.05, 0.1) is 18.8 Å². The van der Waals surface area contributed by atoms with Gasteiger partial charge in [0.15, 0.2) is 0 Å². The van der Waals surface area contributed by atoms with Gasteiger partial charge < -0.3 is 9.47 Å². The highest BCUT2D eigenvalue weighted by Gasteiger charge is 2.42. The first-order valence-electron chi connectivity index (χ1n) is 8.97. The zero-order chi connectivity index (χ0) is 18.6. The van der Waals surface area contributed by atoms with Gasteiger partial charge in [0.2, 0.25) is 5.28 Å². The second kappa shape index (κ2) is 8.21. The third kappa shape index (κ3) is 4.37. The number of benzene rings is 1. The van der Waals surface area contributed by atoms with E-state index in [4.69, 9.17) is 21.1 Å². The lowest BCUT2D eigenvalue weighted by Gasteiger charge is -2.36. The quantitative estimate of drug-likeness (QED) is 0.749. The van der Waals surface area contributed by atoms with Crippen LogP contribution in [0.3, 0.4) is 0 Å². The highest BCUT2D eigenvalue weighted by atomic mass is 35.5.